The SMILES string of the molecule is O=c1oc2ccc(Br)cc2cc1S(=O)(=O)N1CCCC1. The number of sulfonamides is 1. The first-order valence-corrected chi connectivity index (χ1v) is 8.45. The Morgan fingerprint density at radius 1 is 1.15 bits per heavy atom. The maximum absolute atomic E-state index is 12.4. The van der Waals surface area contributed by atoms with Crippen LogP contribution in [-0.2, 0) is 10.0 Å². The molecule has 0 aliphatic carbocycles. The van der Waals surface area contributed by atoms with Crippen LogP contribution in [0.25, 0.3) is 11.0 Å². The fraction of sp³-hybridized carbons (Fsp3) is 0.308. The minimum Gasteiger partial charge on any atom is -0.422 e. The van der Waals surface area contributed by atoms with Gasteiger partial charge in [-0.15, -0.1) is 0 Å². The number of fused-ring (bicyclic) bond motifs is 1. The molecule has 2 aromatic rings. The Kier molecular flexibility index (Phi) is 3.43. The fourth-order valence-corrected chi connectivity index (χ4v) is 4.25. The highest BCUT2D eigenvalue weighted by Gasteiger charge is 2.30. The summed E-state index contributed by atoms with van der Waals surface area (Å²) < 4.78 is 32.1. The van der Waals surface area contributed by atoms with Crippen molar-refractivity contribution >= 4 is 36.9 Å². The standard InChI is InChI=1S/C13H12BrNO4S/c14-10-3-4-11-9(7-10)8-12(13(16)19-11)20(17,18)15-5-1-2-6-15/h3-4,7-8H,1-2,5-6H2. The van der Waals surface area contributed by atoms with Crippen LogP contribution in [0.3, 0.4) is 0 Å². The lowest BCUT2D eigenvalue weighted by Gasteiger charge is -2.14. The molecule has 20 heavy (non-hydrogen) atoms. The molecule has 0 radical (unpaired) electrons. The molecule has 0 saturated carbocycles. The van der Waals surface area contributed by atoms with E-state index in [-0.39, 0.29) is 4.90 Å². The van der Waals surface area contributed by atoms with E-state index in [2.05, 4.69) is 15.9 Å². The van der Waals surface area contributed by atoms with Crippen LogP contribution in [0.1, 0.15) is 12.8 Å². The molecule has 1 aliphatic rings. The second kappa shape index (κ2) is 4.98. The molecule has 5 nitrogen and oxygen atoms in total. The molecule has 1 aromatic carbocycles. The predicted octanol–water partition coefficient (Wildman–Crippen LogP) is 2.34. The van der Waals surface area contributed by atoms with Gasteiger partial charge in [0, 0.05) is 22.9 Å². The maximum Gasteiger partial charge on any atom is 0.356 e. The summed E-state index contributed by atoms with van der Waals surface area (Å²) in [7, 11) is -3.76. The lowest BCUT2D eigenvalue weighted by atomic mass is 10.2. The minimum absolute atomic E-state index is 0.287. The van der Waals surface area contributed by atoms with Crippen molar-refractivity contribution in [2.75, 3.05) is 13.1 Å². The Morgan fingerprint density at radius 2 is 1.85 bits per heavy atom. The van der Waals surface area contributed by atoms with E-state index >= 15 is 0 Å². The third-order valence-corrected chi connectivity index (χ3v) is 5.72. The first kappa shape index (κ1) is 13.8. The molecule has 2 heterocycles. The van der Waals surface area contributed by atoms with Crippen molar-refractivity contribution < 1.29 is 12.8 Å². The maximum atomic E-state index is 12.4. The lowest BCUT2D eigenvalue weighted by Crippen LogP contribution is -2.31. The molecule has 0 bridgehead atoms. The number of nitrogens with zero attached hydrogens (tertiary/aromatic N) is 1. The monoisotopic (exact) mass is 357 g/mol. The highest BCUT2D eigenvalue weighted by Crippen LogP contribution is 2.23. The highest BCUT2D eigenvalue weighted by atomic mass is 79.9. The summed E-state index contributed by atoms with van der Waals surface area (Å²) in [5.41, 5.74) is -0.440. The topological polar surface area (TPSA) is 67.6 Å². The van der Waals surface area contributed by atoms with Gasteiger partial charge in [0.1, 0.15) is 5.58 Å². The zero-order valence-corrected chi connectivity index (χ0v) is 12.9. The van der Waals surface area contributed by atoms with E-state index in [1.165, 1.54) is 10.4 Å². The Balaban J connectivity index is 2.20. The van der Waals surface area contributed by atoms with Crippen LogP contribution in [0.5, 0.6) is 0 Å². The van der Waals surface area contributed by atoms with Crippen molar-refractivity contribution in [1.29, 1.82) is 0 Å². The largest absolute Gasteiger partial charge is 0.422 e. The highest BCUT2D eigenvalue weighted by molar-refractivity contribution is 9.10. The normalized spacial score (nSPS) is 16.9. The molecule has 0 N–H and O–H groups in total. The molecule has 0 unspecified atom stereocenters. The molecule has 106 valence electrons. The van der Waals surface area contributed by atoms with Gasteiger partial charge in [0.15, 0.2) is 4.90 Å². The van der Waals surface area contributed by atoms with Crippen molar-refractivity contribution in [3.8, 4) is 0 Å². The molecule has 1 aliphatic heterocycles. The third kappa shape index (κ3) is 2.30. The molecule has 0 spiro atoms. The second-order valence-electron chi connectivity index (χ2n) is 4.69. The summed E-state index contributed by atoms with van der Waals surface area (Å²) in [6, 6.07) is 6.48. The number of rotatable bonds is 2. The lowest BCUT2D eigenvalue weighted by molar-refractivity contribution is 0.467. The zero-order chi connectivity index (χ0) is 14.3. The van der Waals surface area contributed by atoms with Gasteiger partial charge in [-0.05, 0) is 37.1 Å². The van der Waals surface area contributed by atoms with Gasteiger partial charge in [0.2, 0.25) is 10.0 Å². The fourth-order valence-electron chi connectivity index (χ4n) is 2.32. The van der Waals surface area contributed by atoms with Crippen LogP contribution in [0.4, 0.5) is 0 Å². The van der Waals surface area contributed by atoms with Gasteiger partial charge in [-0.1, -0.05) is 15.9 Å². The summed E-state index contributed by atoms with van der Waals surface area (Å²) >= 11 is 3.31. The van der Waals surface area contributed by atoms with Crippen molar-refractivity contribution in [1.82, 2.24) is 4.31 Å². The van der Waals surface area contributed by atoms with E-state index in [4.69, 9.17) is 4.42 Å². The molecular formula is C13H12BrNO4S. The third-order valence-electron chi connectivity index (χ3n) is 3.35. The van der Waals surface area contributed by atoms with Gasteiger partial charge in [-0.25, -0.2) is 13.2 Å². The Morgan fingerprint density at radius 3 is 2.55 bits per heavy atom. The minimum atomic E-state index is -3.76. The van der Waals surface area contributed by atoms with Crippen LogP contribution < -0.4 is 5.63 Å². The zero-order valence-electron chi connectivity index (χ0n) is 10.5. The van der Waals surface area contributed by atoms with Gasteiger partial charge in [-0.2, -0.15) is 4.31 Å². The van der Waals surface area contributed by atoms with E-state index in [0.29, 0.717) is 24.1 Å². The van der Waals surface area contributed by atoms with Crippen molar-refractivity contribution in [3.05, 3.63) is 39.2 Å². The van der Waals surface area contributed by atoms with E-state index in [0.717, 1.165) is 17.3 Å². The van der Waals surface area contributed by atoms with Gasteiger partial charge >= 0.3 is 5.63 Å². The van der Waals surface area contributed by atoms with Gasteiger partial charge in [0.05, 0.1) is 0 Å². The van der Waals surface area contributed by atoms with E-state index in [1.807, 2.05) is 0 Å². The van der Waals surface area contributed by atoms with Crippen molar-refractivity contribution in [3.63, 3.8) is 0 Å². The number of benzene rings is 1. The van der Waals surface area contributed by atoms with Crippen LogP contribution in [0.2, 0.25) is 0 Å². The number of hydrogen-bond acceptors (Lipinski definition) is 4. The second-order valence-corrected chi connectivity index (χ2v) is 7.51. The molecule has 0 amide bonds. The summed E-state index contributed by atoms with van der Waals surface area (Å²) in [4.78, 5) is 11.7. The number of halogens is 1. The average Bonchev–Trinajstić information content (AvgIpc) is 2.93. The first-order chi connectivity index (χ1) is 9.48. The molecule has 1 fully saturated rings. The van der Waals surface area contributed by atoms with Crippen LogP contribution in [0, 0.1) is 0 Å². The smallest absolute Gasteiger partial charge is 0.356 e. The first-order valence-electron chi connectivity index (χ1n) is 6.22. The van der Waals surface area contributed by atoms with Gasteiger partial charge < -0.3 is 4.42 Å². The van der Waals surface area contributed by atoms with Crippen LogP contribution in [-0.4, -0.2) is 25.8 Å². The summed E-state index contributed by atoms with van der Waals surface area (Å²) in [5.74, 6) is 0. The molecular weight excluding hydrogens is 346 g/mol. The Hall–Kier alpha value is -1.18. The molecule has 1 aromatic heterocycles. The molecule has 7 heteroatoms. The predicted molar refractivity (Wildman–Crippen MR) is 78.2 cm³/mol. The number of hydrogen-bond donors (Lipinski definition) is 0. The van der Waals surface area contributed by atoms with Crippen LogP contribution >= 0.6 is 15.9 Å². The summed E-state index contributed by atoms with van der Waals surface area (Å²) in [6.07, 6.45) is 1.65. The summed E-state index contributed by atoms with van der Waals surface area (Å²) in [6.45, 7) is 0.913. The van der Waals surface area contributed by atoms with Crippen molar-refractivity contribution in [2.24, 2.45) is 0 Å². The molecule has 0 atom stereocenters. The molecule has 3 rings (SSSR count). The Labute approximate surface area is 124 Å². The van der Waals surface area contributed by atoms with E-state index < -0.39 is 15.6 Å². The van der Waals surface area contributed by atoms with Crippen molar-refractivity contribution in [2.45, 2.75) is 17.7 Å². The Bertz CT molecular complexity index is 822. The van der Waals surface area contributed by atoms with E-state index in [1.54, 1.807) is 18.2 Å². The van der Waals surface area contributed by atoms with Gasteiger partial charge in [-0.3, -0.25) is 0 Å². The van der Waals surface area contributed by atoms with E-state index in [9.17, 15) is 13.2 Å². The van der Waals surface area contributed by atoms with Gasteiger partial charge in [0.25, 0.3) is 0 Å². The average molecular weight is 358 g/mol. The summed E-state index contributed by atoms with van der Waals surface area (Å²) in [5, 5.41) is 0.580. The molecule has 1 saturated heterocycles. The quantitative estimate of drug-likeness (QED) is 0.773. The van der Waals surface area contributed by atoms with Crippen LogP contribution in [0.15, 0.2) is 42.8 Å².